The van der Waals surface area contributed by atoms with Crippen molar-refractivity contribution in [2.75, 3.05) is 0 Å². The van der Waals surface area contributed by atoms with Gasteiger partial charge in [0.1, 0.15) is 17.1 Å². The Morgan fingerprint density at radius 1 is 1.08 bits per heavy atom. The van der Waals surface area contributed by atoms with E-state index in [2.05, 4.69) is 10.3 Å². The Morgan fingerprint density at radius 2 is 1.69 bits per heavy atom. The molecule has 0 spiro atoms. The molecule has 0 radical (unpaired) electrons. The van der Waals surface area contributed by atoms with Gasteiger partial charge in [-0.3, -0.25) is 0 Å². The summed E-state index contributed by atoms with van der Waals surface area (Å²) in [7, 11) is -1.22. The third-order valence-corrected chi connectivity index (χ3v) is 4.54. The third-order valence-electron chi connectivity index (χ3n) is 4.54. The molecule has 2 heterocycles. The summed E-state index contributed by atoms with van der Waals surface area (Å²) in [5.41, 5.74) is -2.50. The van der Waals surface area contributed by atoms with Crippen molar-refractivity contribution in [1.82, 2.24) is 15.0 Å². The fraction of sp³-hybridized carbons (Fsp3) is 0.375. The number of aromatic nitrogens is 3. The molecular weight excluding hydrogens is 353 g/mol. The molecule has 1 aromatic heterocycles. The van der Waals surface area contributed by atoms with Crippen LogP contribution in [0.2, 0.25) is 0 Å². The summed E-state index contributed by atoms with van der Waals surface area (Å²) in [5, 5.41) is 7.27. The van der Waals surface area contributed by atoms with Crippen LogP contribution in [0.1, 0.15) is 33.4 Å². The van der Waals surface area contributed by atoms with Gasteiger partial charge in [0.2, 0.25) is 0 Å². The van der Waals surface area contributed by atoms with E-state index in [0.29, 0.717) is 0 Å². The van der Waals surface area contributed by atoms with Gasteiger partial charge in [-0.2, -0.15) is 0 Å². The van der Waals surface area contributed by atoms with Gasteiger partial charge in [0.15, 0.2) is 17.5 Å². The molecule has 0 bridgehead atoms. The Kier molecular flexibility index (Phi) is 4.44. The Hall–Kier alpha value is -2.20. The van der Waals surface area contributed by atoms with Crippen molar-refractivity contribution in [1.29, 1.82) is 0 Å². The molecule has 5 nitrogen and oxygen atoms in total. The van der Waals surface area contributed by atoms with E-state index in [-0.39, 0.29) is 11.4 Å². The molecule has 1 aliphatic heterocycles. The molecular formula is C16H16BF4N3O2. The lowest BCUT2D eigenvalue weighted by atomic mass is 9.87. The Balaban J connectivity index is 1.85. The largest absolute Gasteiger partial charge is 0.525 e. The van der Waals surface area contributed by atoms with E-state index in [9.17, 15) is 17.6 Å². The van der Waals surface area contributed by atoms with E-state index in [1.807, 2.05) is 0 Å². The van der Waals surface area contributed by atoms with Gasteiger partial charge in [-0.05, 0) is 45.9 Å². The molecule has 1 fully saturated rings. The lowest BCUT2D eigenvalue weighted by molar-refractivity contribution is 0.00578. The molecule has 138 valence electrons. The minimum absolute atomic E-state index is 0.0290. The van der Waals surface area contributed by atoms with Gasteiger partial charge >= 0.3 is 7.12 Å². The van der Waals surface area contributed by atoms with Crippen molar-refractivity contribution in [3.05, 3.63) is 47.2 Å². The molecule has 0 amide bonds. The quantitative estimate of drug-likeness (QED) is 0.471. The average molecular weight is 369 g/mol. The van der Waals surface area contributed by atoms with Gasteiger partial charge in [-0.25, -0.2) is 22.2 Å². The van der Waals surface area contributed by atoms with Crippen molar-refractivity contribution >= 4 is 13.2 Å². The summed E-state index contributed by atoms with van der Waals surface area (Å²) < 4.78 is 66.6. The molecule has 10 heteroatoms. The van der Waals surface area contributed by atoms with Gasteiger partial charge in [-0.1, -0.05) is 5.21 Å². The Bertz CT molecular complexity index is 866. The lowest BCUT2D eigenvalue weighted by Gasteiger charge is -2.32. The molecule has 26 heavy (non-hydrogen) atoms. The molecule has 0 aliphatic carbocycles. The highest BCUT2D eigenvalue weighted by Gasteiger charge is 2.53. The van der Waals surface area contributed by atoms with Crippen LogP contribution < -0.4 is 0 Å². The highest BCUT2D eigenvalue weighted by molar-refractivity contribution is 6.54. The maximum Gasteiger partial charge on any atom is 0.525 e. The first-order chi connectivity index (χ1) is 12.0. The SMILES string of the molecule is CC1(C)OB(C(F)=Cc2cn(-c3ccc(F)c(F)c3F)nn2)OC1(C)C. The van der Waals surface area contributed by atoms with Crippen LogP contribution in [0.4, 0.5) is 17.6 Å². The van der Waals surface area contributed by atoms with E-state index in [1.165, 1.54) is 6.20 Å². The standard InChI is InChI=1S/C16H16BF4N3O2/c1-15(2)16(3,4)26-17(25-15)12(19)7-9-8-24(23-22-9)11-6-5-10(18)13(20)14(11)21/h5-8H,1-4H3. The van der Waals surface area contributed by atoms with Crippen LogP contribution in [0.3, 0.4) is 0 Å². The van der Waals surface area contributed by atoms with E-state index >= 15 is 0 Å². The number of halogens is 4. The fourth-order valence-electron chi connectivity index (χ4n) is 2.32. The van der Waals surface area contributed by atoms with Crippen LogP contribution in [-0.2, 0) is 9.31 Å². The molecule has 0 saturated carbocycles. The van der Waals surface area contributed by atoms with Gasteiger partial charge in [0, 0.05) is 0 Å². The topological polar surface area (TPSA) is 49.2 Å². The lowest BCUT2D eigenvalue weighted by Crippen LogP contribution is -2.41. The van der Waals surface area contributed by atoms with Crippen molar-refractivity contribution in [3.8, 4) is 5.69 Å². The maximum atomic E-state index is 14.4. The first kappa shape index (κ1) is 18.6. The molecule has 2 aromatic rings. The monoisotopic (exact) mass is 369 g/mol. The second kappa shape index (κ2) is 6.20. The van der Waals surface area contributed by atoms with E-state index in [0.717, 1.165) is 22.9 Å². The molecule has 1 aliphatic rings. The second-order valence-corrected chi connectivity index (χ2v) is 6.90. The zero-order chi connectivity index (χ0) is 19.3. The van der Waals surface area contributed by atoms with Gasteiger partial charge in [0.25, 0.3) is 0 Å². The van der Waals surface area contributed by atoms with Gasteiger partial charge in [0.05, 0.1) is 17.4 Å². The highest BCUT2D eigenvalue weighted by Crippen LogP contribution is 2.39. The van der Waals surface area contributed by atoms with Crippen LogP contribution in [0.5, 0.6) is 0 Å². The first-order valence-electron chi connectivity index (χ1n) is 7.81. The first-order valence-corrected chi connectivity index (χ1v) is 7.81. The summed E-state index contributed by atoms with van der Waals surface area (Å²) in [5.74, 6) is -4.37. The maximum absolute atomic E-state index is 14.4. The fourth-order valence-corrected chi connectivity index (χ4v) is 2.32. The number of benzene rings is 1. The van der Waals surface area contributed by atoms with E-state index in [4.69, 9.17) is 9.31 Å². The van der Waals surface area contributed by atoms with Crippen LogP contribution >= 0.6 is 0 Å². The average Bonchev–Trinajstić information content (AvgIpc) is 3.07. The summed E-state index contributed by atoms with van der Waals surface area (Å²) in [4.78, 5) is 0. The zero-order valence-corrected chi connectivity index (χ0v) is 14.6. The van der Waals surface area contributed by atoms with Gasteiger partial charge in [-0.15, -0.1) is 5.10 Å². The third kappa shape index (κ3) is 3.14. The summed E-state index contributed by atoms with van der Waals surface area (Å²) >= 11 is 0. The van der Waals surface area contributed by atoms with Gasteiger partial charge < -0.3 is 9.31 Å². The predicted molar refractivity (Wildman–Crippen MR) is 86.4 cm³/mol. The molecule has 0 unspecified atom stereocenters. The number of rotatable bonds is 3. The molecule has 0 N–H and O–H groups in total. The summed E-state index contributed by atoms with van der Waals surface area (Å²) in [6.45, 7) is 7.12. The molecule has 1 saturated heterocycles. The van der Waals surface area contributed by atoms with Crippen molar-refractivity contribution < 1.29 is 26.9 Å². The van der Waals surface area contributed by atoms with Crippen molar-refractivity contribution in [2.24, 2.45) is 0 Å². The molecule has 1 aromatic carbocycles. The highest BCUT2D eigenvalue weighted by atomic mass is 19.2. The normalized spacial score (nSPS) is 19.2. The van der Waals surface area contributed by atoms with Crippen LogP contribution in [0, 0.1) is 17.5 Å². The summed E-state index contributed by atoms with van der Waals surface area (Å²) in [6.07, 6.45) is 2.18. The minimum atomic E-state index is -1.63. The van der Waals surface area contributed by atoms with E-state index in [1.54, 1.807) is 27.7 Å². The molecule has 0 atom stereocenters. The molecule has 3 rings (SSSR count). The smallest absolute Gasteiger partial charge is 0.398 e. The van der Waals surface area contributed by atoms with Crippen LogP contribution in [0.15, 0.2) is 24.1 Å². The van der Waals surface area contributed by atoms with E-state index < -0.39 is 41.5 Å². The number of hydrogen-bond acceptors (Lipinski definition) is 4. The van der Waals surface area contributed by atoms with Crippen LogP contribution in [-0.4, -0.2) is 33.3 Å². The zero-order valence-electron chi connectivity index (χ0n) is 14.6. The van der Waals surface area contributed by atoms with Crippen molar-refractivity contribution in [2.45, 2.75) is 38.9 Å². The Labute approximate surface area is 147 Å². The number of hydrogen-bond donors (Lipinski definition) is 0. The van der Waals surface area contributed by atoms with Crippen molar-refractivity contribution in [3.63, 3.8) is 0 Å². The number of nitrogens with zero attached hydrogens (tertiary/aromatic N) is 3. The van der Waals surface area contributed by atoms with Crippen LogP contribution in [0.25, 0.3) is 11.8 Å². The summed E-state index contributed by atoms with van der Waals surface area (Å²) in [6, 6.07) is 1.76. The second-order valence-electron chi connectivity index (χ2n) is 6.90. The minimum Gasteiger partial charge on any atom is -0.398 e. The Morgan fingerprint density at radius 3 is 2.31 bits per heavy atom. The predicted octanol–water partition coefficient (Wildman–Crippen LogP) is 3.63.